The monoisotopic (exact) mass is 316 g/mol. The summed E-state index contributed by atoms with van der Waals surface area (Å²) in [6, 6.07) is 8.80. The van der Waals surface area contributed by atoms with Crippen molar-refractivity contribution < 1.29 is 14.5 Å². The van der Waals surface area contributed by atoms with Crippen LogP contribution in [0.5, 0.6) is 0 Å². The molecule has 6 nitrogen and oxygen atoms in total. The number of carbonyl (C=O) groups is 2. The Hall–Kier alpha value is -2.73. The van der Waals surface area contributed by atoms with E-state index in [4.69, 9.17) is 11.6 Å². The fraction of sp³-hybridized carbons (Fsp3) is 0.0667. The fourth-order valence-electron chi connectivity index (χ4n) is 2.46. The highest BCUT2D eigenvalue weighted by Crippen LogP contribution is 2.35. The van der Waals surface area contributed by atoms with Gasteiger partial charge in [-0.15, -0.1) is 0 Å². The minimum Gasteiger partial charge on any atom is -0.268 e. The van der Waals surface area contributed by atoms with Gasteiger partial charge in [0.05, 0.1) is 16.2 Å². The van der Waals surface area contributed by atoms with Crippen LogP contribution in [0.25, 0.3) is 0 Å². The molecule has 22 heavy (non-hydrogen) atoms. The highest BCUT2D eigenvalue weighted by molar-refractivity contribution is 6.36. The van der Waals surface area contributed by atoms with Crippen LogP contribution < -0.4 is 4.90 Å². The van der Waals surface area contributed by atoms with Gasteiger partial charge in [-0.25, -0.2) is 4.90 Å². The molecule has 2 aromatic rings. The number of fused-ring (bicyclic) bond motifs is 1. The topological polar surface area (TPSA) is 80.5 Å². The molecule has 0 fully saturated rings. The minimum absolute atomic E-state index is 0.0265. The molecule has 0 saturated heterocycles. The number of anilines is 1. The summed E-state index contributed by atoms with van der Waals surface area (Å²) >= 11 is 5.93. The highest BCUT2D eigenvalue weighted by atomic mass is 35.5. The first-order chi connectivity index (χ1) is 10.4. The second kappa shape index (κ2) is 4.92. The van der Waals surface area contributed by atoms with E-state index in [1.807, 2.05) is 0 Å². The lowest BCUT2D eigenvalue weighted by Crippen LogP contribution is -2.30. The van der Waals surface area contributed by atoms with Crippen molar-refractivity contribution in [3.63, 3.8) is 0 Å². The van der Waals surface area contributed by atoms with Crippen LogP contribution in [0.15, 0.2) is 36.4 Å². The summed E-state index contributed by atoms with van der Waals surface area (Å²) in [5.41, 5.74) is 0.461. The van der Waals surface area contributed by atoms with Crippen LogP contribution in [0.4, 0.5) is 11.4 Å². The molecular formula is C15H9ClN2O4. The predicted octanol–water partition coefficient (Wildman–Crippen LogP) is 3.36. The average Bonchev–Trinajstić information content (AvgIpc) is 2.74. The van der Waals surface area contributed by atoms with Crippen molar-refractivity contribution in [2.45, 2.75) is 6.92 Å². The Bertz CT molecular complexity index is 847. The third-order valence-corrected chi connectivity index (χ3v) is 3.74. The number of carbonyl (C=O) groups excluding carboxylic acids is 2. The summed E-state index contributed by atoms with van der Waals surface area (Å²) in [4.78, 5) is 36.4. The first-order valence-corrected chi connectivity index (χ1v) is 6.72. The first-order valence-electron chi connectivity index (χ1n) is 6.34. The summed E-state index contributed by atoms with van der Waals surface area (Å²) in [5, 5.41) is 11.4. The van der Waals surface area contributed by atoms with Crippen molar-refractivity contribution in [1.29, 1.82) is 0 Å². The molecule has 2 aromatic carbocycles. The van der Waals surface area contributed by atoms with Crippen LogP contribution in [0.2, 0.25) is 5.02 Å². The van der Waals surface area contributed by atoms with E-state index in [1.165, 1.54) is 24.3 Å². The van der Waals surface area contributed by atoms with Gasteiger partial charge in [-0.2, -0.15) is 0 Å². The molecule has 110 valence electrons. The Morgan fingerprint density at radius 2 is 1.86 bits per heavy atom. The minimum atomic E-state index is -0.710. The van der Waals surface area contributed by atoms with Gasteiger partial charge in [0.15, 0.2) is 0 Å². The number of nitro groups is 1. The lowest BCUT2D eigenvalue weighted by molar-refractivity contribution is -0.385. The Morgan fingerprint density at radius 1 is 1.14 bits per heavy atom. The standard InChI is InChI=1S/C15H9ClN2O4/c1-8-5-6-9(16)7-12(8)17-14(19)10-3-2-4-11(18(21)22)13(10)15(17)20/h2-7H,1H3. The third-order valence-electron chi connectivity index (χ3n) is 3.50. The largest absolute Gasteiger partial charge is 0.283 e. The Balaban J connectivity index is 2.21. The number of amides is 2. The number of halogens is 1. The second-order valence-electron chi connectivity index (χ2n) is 4.83. The predicted molar refractivity (Wildman–Crippen MR) is 80.4 cm³/mol. The van der Waals surface area contributed by atoms with E-state index in [0.717, 1.165) is 4.90 Å². The molecule has 1 aliphatic rings. The van der Waals surface area contributed by atoms with Gasteiger partial charge in [0.1, 0.15) is 5.56 Å². The van der Waals surface area contributed by atoms with Gasteiger partial charge >= 0.3 is 0 Å². The van der Waals surface area contributed by atoms with Gasteiger partial charge in [-0.3, -0.25) is 19.7 Å². The number of rotatable bonds is 2. The molecule has 1 aliphatic heterocycles. The smallest absolute Gasteiger partial charge is 0.268 e. The molecule has 7 heteroatoms. The van der Waals surface area contributed by atoms with Gasteiger partial charge in [0.2, 0.25) is 0 Å². The van der Waals surface area contributed by atoms with Crippen LogP contribution in [0, 0.1) is 17.0 Å². The van der Waals surface area contributed by atoms with Crippen LogP contribution in [0.1, 0.15) is 26.3 Å². The number of hydrogen-bond donors (Lipinski definition) is 0. The molecule has 0 spiro atoms. The average molecular weight is 317 g/mol. The quantitative estimate of drug-likeness (QED) is 0.483. The summed E-state index contributed by atoms with van der Waals surface area (Å²) in [7, 11) is 0. The van der Waals surface area contributed by atoms with Crippen molar-refractivity contribution in [3.8, 4) is 0 Å². The number of benzene rings is 2. The highest BCUT2D eigenvalue weighted by Gasteiger charge is 2.42. The van der Waals surface area contributed by atoms with Crippen molar-refractivity contribution in [3.05, 3.63) is 68.2 Å². The van der Waals surface area contributed by atoms with Crippen LogP contribution in [-0.2, 0) is 0 Å². The van der Waals surface area contributed by atoms with E-state index < -0.39 is 16.7 Å². The van der Waals surface area contributed by atoms with E-state index in [9.17, 15) is 19.7 Å². The molecule has 3 rings (SSSR count). The molecule has 1 heterocycles. The van der Waals surface area contributed by atoms with Gasteiger partial charge in [-0.05, 0) is 30.7 Å². The van der Waals surface area contributed by atoms with E-state index in [2.05, 4.69) is 0 Å². The lowest BCUT2D eigenvalue weighted by Gasteiger charge is -2.16. The zero-order chi connectivity index (χ0) is 16.0. The van der Waals surface area contributed by atoms with Gasteiger partial charge in [0.25, 0.3) is 17.5 Å². The molecule has 0 atom stereocenters. The maximum absolute atomic E-state index is 12.6. The number of nitro benzene ring substituents is 1. The zero-order valence-corrected chi connectivity index (χ0v) is 12.1. The normalized spacial score (nSPS) is 13.5. The number of nitrogens with zero attached hydrogens (tertiary/aromatic N) is 2. The number of hydrogen-bond acceptors (Lipinski definition) is 4. The van der Waals surface area contributed by atoms with Crippen molar-refractivity contribution >= 4 is 34.8 Å². The lowest BCUT2D eigenvalue weighted by atomic mass is 10.1. The third kappa shape index (κ3) is 1.96. The van der Waals surface area contributed by atoms with E-state index in [1.54, 1.807) is 19.1 Å². The van der Waals surface area contributed by atoms with Crippen molar-refractivity contribution in [1.82, 2.24) is 0 Å². The van der Waals surface area contributed by atoms with Gasteiger partial charge in [0, 0.05) is 11.1 Å². The Labute approximate surface area is 130 Å². The van der Waals surface area contributed by atoms with Gasteiger partial charge < -0.3 is 0 Å². The number of aryl methyl sites for hydroxylation is 1. The zero-order valence-electron chi connectivity index (χ0n) is 11.4. The van der Waals surface area contributed by atoms with E-state index in [0.29, 0.717) is 16.3 Å². The first kappa shape index (κ1) is 14.2. The Morgan fingerprint density at radius 3 is 2.55 bits per heavy atom. The van der Waals surface area contributed by atoms with Crippen LogP contribution in [0.3, 0.4) is 0 Å². The van der Waals surface area contributed by atoms with Crippen molar-refractivity contribution in [2.24, 2.45) is 0 Å². The summed E-state index contributed by atoms with van der Waals surface area (Å²) in [6.45, 7) is 1.73. The maximum atomic E-state index is 12.6. The molecule has 2 amide bonds. The molecule has 0 radical (unpaired) electrons. The molecule has 0 aliphatic carbocycles. The summed E-state index contributed by atoms with van der Waals surface area (Å²) in [5.74, 6) is -1.30. The SMILES string of the molecule is Cc1ccc(Cl)cc1N1C(=O)c2cccc([N+](=O)[O-])c2C1=O. The summed E-state index contributed by atoms with van der Waals surface area (Å²) < 4.78 is 0. The van der Waals surface area contributed by atoms with Crippen LogP contribution >= 0.6 is 11.6 Å². The van der Waals surface area contributed by atoms with Crippen LogP contribution in [-0.4, -0.2) is 16.7 Å². The van der Waals surface area contributed by atoms with Crippen molar-refractivity contribution in [2.75, 3.05) is 4.90 Å². The van der Waals surface area contributed by atoms with E-state index >= 15 is 0 Å². The number of imide groups is 1. The maximum Gasteiger partial charge on any atom is 0.283 e. The Kier molecular flexibility index (Phi) is 3.18. The molecule has 0 N–H and O–H groups in total. The van der Waals surface area contributed by atoms with Gasteiger partial charge in [-0.1, -0.05) is 23.7 Å². The molecule has 0 aromatic heterocycles. The van der Waals surface area contributed by atoms with E-state index in [-0.39, 0.29) is 16.8 Å². The molecule has 0 saturated carbocycles. The summed E-state index contributed by atoms with van der Waals surface area (Å²) in [6.07, 6.45) is 0. The molecule has 0 unspecified atom stereocenters. The molecular weight excluding hydrogens is 308 g/mol. The molecule has 0 bridgehead atoms. The fourth-order valence-corrected chi connectivity index (χ4v) is 2.63. The second-order valence-corrected chi connectivity index (χ2v) is 5.27.